The van der Waals surface area contributed by atoms with Crippen LogP contribution < -0.4 is 0 Å². The first-order valence-corrected chi connectivity index (χ1v) is 7.89. The highest BCUT2D eigenvalue weighted by atomic mass is 16.4. The lowest BCUT2D eigenvalue weighted by Crippen LogP contribution is -2.26. The van der Waals surface area contributed by atoms with Crippen molar-refractivity contribution in [3.63, 3.8) is 0 Å². The number of aromatic carboxylic acids is 1. The van der Waals surface area contributed by atoms with Crippen molar-refractivity contribution in [2.24, 2.45) is 5.92 Å². The van der Waals surface area contributed by atoms with E-state index in [9.17, 15) is 15.0 Å². The van der Waals surface area contributed by atoms with Gasteiger partial charge >= 0.3 is 5.97 Å². The van der Waals surface area contributed by atoms with E-state index in [1.54, 1.807) is 13.0 Å². The summed E-state index contributed by atoms with van der Waals surface area (Å²) in [4.78, 5) is 11.5. The first-order chi connectivity index (χ1) is 10.8. The smallest absolute Gasteiger partial charge is 0.339 e. The average Bonchev–Trinajstić information content (AvgIpc) is 2.47. The maximum Gasteiger partial charge on any atom is 0.339 e. The third kappa shape index (κ3) is 3.24. The monoisotopic (exact) mass is 312 g/mol. The van der Waals surface area contributed by atoms with Gasteiger partial charge < -0.3 is 10.2 Å². The molecule has 3 heteroatoms. The Morgan fingerprint density at radius 2 is 1.74 bits per heavy atom. The Kier molecular flexibility index (Phi) is 4.79. The molecule has 0 aliphatic carbocycles. The lowest BCUT2D eigenvalue weighted by atomic mass is 9.70. The van der Waals surface area contributed by atoms with Gasteiger partial charge in [-0.05, 0) is 30.4 Å². The van der Waals surface area contributed by atoms with Crippen molar-refractivity contribution in [2.45, 2.75) is 39.5 Å². The Labute approximate surface area is 137 Å². The first-order valence-electron chi connectivity index (χ1n) is 7.89. The SMILES string of the molecule is Cc1ccc(C(C)(CC(C)C)c2ccccc2)c(O)c1C(=O)O. The molecule has 23 heavy (non-hydrogen) atoms. The second-order valence-electron chi connectivity index (χ2n) is 6.75. The van der Waals surface area contributed by atoms with Gasteiger partial charge in [-0.3, -0.25) is 0 Å². The molecule has 0 radical (unpaired) electrons. The number of carbonyl (C=O) groups is 1. The summed E-state index contributed by atoms with van der Waals surface area (Å²) in [5.74, 6) is -0.819. The molecule has 0 bridgehead atoms. The first kappa shape index (κ1) is 17.1. The van der Waals surface area contributed by atoms with Gasteiger partial charge in [0.15, 0.2) is 0 Å². The second-order valence-corrected chi connectivity index (χ2v) is 6.75. The zero-order valence-corrected chi connectivity index (χ0v) is 14.1. The number of phenols is 1. The normalized spacial score (nSPS) is 13.8. The van der Waals surface area contributed by atoms with Gasteiger partial charge in [-0.15, -0.1) is 0 Å². The Morgan fingerprint density at radius 1 is 1.13 bits per heavy atom. The number of aryl methyl sites for hydroxylation is 1. The molecule has 0 aliphatic rings. The van der Waals surface area contributed by atoms with Crippen molar-refractivity contribution in [3.05, 3.63) is 64.7 Å². The minimum atomic E-state index is -1.10. The molecule has 0 aliphatic heterocycles. The van der Waals surface area contributed by atoms with Crippen LogP contribution in [0.2, 0.25) is 0 Å². The van der Waals surface area contributed by atoms with E-state index < -0.39 is 11.4 Å². The Morgan fingerprint density at radius 3 is 2.26 bits per heavy atom. The number of rotatable bonds is 5. The summed E-state index contributed by atoms with van der Waals surface area (Å²) in [6.07, 6.45) is 0.812. The van der Waals surface area contributed by atoms with Gasteiger partial charge in [-0.25, -0.2) is 4.79 Å². The molecule has 1 unspecified atom stereocenters. The average molecular weight is 312 g/mol. The van der Waals surface area contributed by atoms with Gasteiger partial charge in [0.25, 0.3) is 0 Å². The maximum atomic E-state index is 11.5. The van der Waals surface area contributed by atoms with Crippen LogP contribution in [-0.4, -0.2) is 16.2 Å². The number of aromatic hydroxyl groups is 1. The molecule has 1 atom stereocenters. The number of carboxylic acid groups (broad SMARTS) is 1. The van der Waals surface area contributed by atoms with Crippen LogP contribution in [0.3, 0.4) is 0 Å². The molecule has 0 heterocycles. The predicted octanol–water partition coefficient (Wildman–Crippen LogP) is 4.75. The molecule has 2 aromatic rings. The van der Waals surface area contributed by atoms with E-state index >= 15 is 0 Å². The van der Waals surface area contributed by atoms with Crippen LogP contribution >= 0.6 is 0 Å². The zero-order chi connectivity index (χ0) is 17.2. The van der Waals surface area contributed by atoms with E-state index in [0.29, 0.717) is 17.0 Å². The molecule has 0 aromatic heterocycles. The van der Waals surface area contributed by atoms with Crippen LogP contribution in [0.1, 0.15) is 54.2 Å². The number of hydrogen-bond acceptors (Lipinski definition) is 2. The molecule has 2 rings (SSSR count). The molecule has 0 amide bonds. The summed E-state index contributed by atoms with van der Waals surface area (Å²) in [6, 6.07) is 13.6. The molecule has 0 spiro atoms. The lowest BCUT2D eigenvalue weighted by molar-refractivity contribution is 0.0692. The van der Waals surface area contributed by atoms with Crippen LogP contribution in [0.4, 0.5) is 0 Å². The summed E-state index contributed by atoms with van der Waals surface area (Å²) in [6.45, 7) is 8.03. The summed E-state index contributed by atoms with van der Waals surface area (Å²) < 4.78 is 0. The van der Waals surface area contributed by atoms with Gasteiger partial charge in [0.2, 0.25) is 0 Å². The van der Waals surface area contributed by atoms with Crippen LogP contribution in [0.15, 0.2) is 42.5 Å². The highest BCUT2D eigenvalue weighted by Gasteiger charge is 2.34. The summed E-state index contributed by atoms with van der Waals surface area (Å²) in [5, 5.41) is 20.1. The zero-order valence-electron chi connectivity index (χ0n) is 14.1. The lowest BCUT2D eigenvalue weighted by Gasteiger charge is -2.34. The minimum absolute atomic E-state index is 0.00610. The van der Waals surface area contributed by atoms with Crippen molar-refractivity contribution in [1.29, 1.82) is 0 Å². The van der Waals surface area contributed by atoms with Crippen LogP contribution in [0, 0.1) is 12.8 Å². The van der Waals surface area contributed by atoms with E-state index in [-0.39, 0.29) is 11.3 Å². The highest BCUT2D eigenvalue weighted by molar-refractivity contribution is 5.93. The van der Waals surface area contributed by atoms with Crippen molar-refractivity contribution >= 4 is 5.97 Å². The van der Waals surface area contributed by atoms with E-state index in [4.69, 9.17) is 0 Å². The Bertz CT molecular complexity index is 704. The second kappa shape index (κ2) is 6.45. The molecule has 2 aromatic carbocycles. The minimum Gasteiger partial charge on any atom is -0.507 e. The van der Waals surface area contributed by atoms with Crippen molar-refractivity contribution < 1.29 is 15.0 Å². The molecule has 0 fully saturated rings. The van der Waals surface area contributed by atoms with Crippen molar-refractivity contribution in [3.8, 4) is 5.75 Å². The van der Waals surface area contributed by atoms with Crippen molar-refractivity contribution in [2.75, 3.05) is 0 Å². The molecular formula is C20H24O3. The van der Waals surface area contributed by atoms with Crippen LogP contribution in [-0.2, 0) is 5.41 Å². The highest BCUT2D eigenvalue weighted by Crippen LogP contribution is 2.43. The van der Waals surface area contributed by atoms with E-state index in [1.165, 1.54) is 0 Å². The number of carboxylic acids is 1. The standard InChI is InChI=1S/C20H24O3/c1-13(2)12-20(4,15-8-6-5-7-9-15)16-11-10-14(3)17(18(16)21)19(22)23/h5-11,13,21H,12H2,1-4H3,(H,22,23). The van der Waals surface area contributed by atoms with E-state index in [1.807, 2.05) is 36.4 Å². The molecular weight excluding hydrogens is 288 g/mol. The topological polar surface area (TPSA) is 57.5 Å². The van der Waals surface area contributed by atoms with Crippen LogP contribution in [0.25, 0.3) is 0 Å². The largest absolute Gasteiger partial charge is 0.507 e. The Balaban J connectivity index is 2.71. The fourth-order valence-electron chi connectivity index (χ4n) is 3.41. The molecule has 3 nitrogen and oxygen atoms in total. The third-order valence-corrected chi connectivity index (χ3v) is 4.42. The van der Waals surface area contributed by atoms with Gasteiger partial charge in [0.1, 0.15) is 11.3 Å². The summed E-state index contributed by atoms with van der Waals surface area (Å²) in [7, 11) is 0. The molecule has 2 N–H and O–H groups in total. The maximum absolute atomic E-state index is 11.5. The summed E-state index contributed by atoms with van der Waals surface area (Å²) >= 11 is 0. The third-order valence-electron chi connectivity index (χ3n) is 4.42. The van der Waals surface area contributed by atoms with Crippen LogP contribution in [0.5, 0.6) is 5.75 Å². The van der Waals surface area contributed by atoms with Crippen molar-refractivity contribution in [1.82, 2.24) is 0 Å². The van der Waals surface area contributed by atoms with Gasteiger partial charge in [-0.2, -0.15) is 0 Å². The van der Waals surface area contributed by atoms with E-state index in [0.717, 1.165) is 12.0 Å². The summed E-state index contributed by atoms with van der Waals surface area (Å²) in [5.41, 5.74) is 1.86. The quantitative estimate of drug-likeness (QED) is 0.837. The molecule has 0 saturated carbocycles. The predicted molar refractivity (Wildman–Crippen MR) is 92.2 cm³/mol. The fraction of sp³-hybridized carbons (Fsp3) is 0.350. The Hall–Kier alpha value is -2.29. The van der Waals surface area contributed by atoms with Gasteiger partial charge in [0.05, 0.1) is 0 Å². The fourth-order valence-corrected chi connectivity index (χ4v) is 3.41. The number of benzene rings is 2. The van der Waals surface area contributed by atoms with E-state index in [2.05, 4.69) is 20.8 Å². The van der Waals surface area contributed by atoms with Gasteiger partial charge in [0, 0.05) is 11.0 Å². The molecule has 122 valence electrons. The molecule has 0 saturated heterocycles. The number of hydrogen-bond donors (Lipinski definition) is 2. The van der Waals surface area contributed by atoms with Gasteiger partial charge in [-0.1, -0.05) is 63.2 Å².